The summed E-state index contributed by atoms with van der Waals surface area (Å²) in [7, 11) is 1.21. The van der Waals surface area contributed by atoms with Gasteiger partial charge in [-0.15, -0.1) is 0 Å². The van der Waals surface area contributed by atoms with E-state index in [4.69, 9.17) is 0 Å². The fourth-order valence-corrected chi connectivity index (χ4v) is 7.33. The molecule has 21 heteroatoms. The Bertz CT molecular complexity index is 2180. The molecule has 0 saturated heterocycles. The summed E-state index contributed by atoms with van der Waals surface area (Å²) in [6.45, 7) is 0. The van der Waals surface area contributed by atoms with Crippen molar-refractivity contribution in [1.29, 1.82) is 0 Å². The van der Waals surface area contributed by atoms with Gasteiger partial charge < -0.3 is 30.6 Å². The molecule has 57 heavy (non-hydrogen) atoms. The molecule has 0 atom stereocenters. The van der Waals surface area contributed by atoms with Gasteiger partial charge in [-0.1, -0.05) is 60.0 Å². The van der Waals surface area contributed by atoms with E-state index in [0.717, 1.165) is 12.8 Å². The summed E-state index contributed by atoms with van der Waals surface area (Å²) in [5.74, 6) is -2.49. The minimum absolute atomic E-state index is 0. The number of pyridine rings is 2. The van der Waals surface area contributed by atoms with E-state index in [2.05, 4.69) is 20.6 Å². The number of nitrogens with zero attached hydrogens (tertiary/aromatic N) is 6. The average molecular weight is 866 g/mol. The molecule has 1 radical (unpaired) electrons. The number of rotatable bonds is 6. The van der Waals surface area contributed by atoms with Gasteiger partial charge in [0.2, 0.25) is 12.8 Å². The van der Waals surface area contributed by atoms with Crippen LogP contribution in [0, 0.1) is 0 Å². The van der Waals surface area contributed by atoms with Crippen molar-refractivity contribution in [3.63, 3.8) is 0 Å². The second-order valence-corrected chi connectivity index (χ2v) is 15.6. The maximum atomic E-state index is 12.5. The summed E-state index contributed by atoms with van der Waals surface area (Å²) < 4.78 is 51.3. The summed E-state index contributed by atoms with van der Waals surface area (Å²) in [4.78, 5) is 54.1. The van der Waals surface area contributed by atoms with E-state index >= 15 is 0 Å². The first-order valence-corrected chi connectivity index (χ1v) is 19.0. The summed E-state index contributed by atoms with van der Waals surface area (Å²) in [5.41, 5.74) is -0.961. The Morgan fingerprint density at radius 2 is 0.895 bits per heavy atom. The molecule has 2 aromatic heterocycles. The minimum atomic E-state index is -3.95. The standard InChI is InChI=1S/2C15H13N3O4S.2C3H7NO.Co/c2*1-18-13(15(20)17-12-8-4-5-9-16-12)14(19)10-6-2-3-7-11(10)23(18,21)22;2*1-4(2)3-5;/h2*2-9,19H,1H3,(H,16,17,20);2*3H,1-2H3;/q;;;;+2/p-2. The summed E-state index contributed by atoms with van der Waals surface area (Å²) in [6.07, 6.45) is 4.44. The van der Waals surface area contributed by atoms with E-state index in [1.54, 1.807) is 64.6 Å². The van der Waals surface area contributed by atoms with Gasteiger partial charge in [-0.05, 0) is 47.5 Å². The van der Waals surface area contributed by atoms with Crippen LogP contribution in [0.5, 0.6) is 0 Å². The van der Waals surface area contributed by atoms with Gasteiger partial charge in [0.05, 0.1) is 9.79 Å². The third-order valence-electron chi connectivity index (χ3n) is 7.26. The van der Waals surface area contributed by atoms with Crippen molar-refractivity contribution in [2.75, 3.05) is 52.9 Å². The fourth-order valence-electron chi connectivity index (χ4n) is 4.55. The third kappa shape index (κ3) is 11.4. The van der Waals surface area contributed by atoms with Crippen LogP contribution >= 0.6 is 0 Å². The molecule has 0 fully saturated rings. The van der Waals surface area contributed by atoms with Crippen LogP contribution < -0.4 is 20.8 Å². The van der Waals surface area contributed by atoms with E-state index in [1.807, 2.05) is 0 Å². The number of benzene rings is 2. The molecule has 4 heterocycles. The first kappa shape index (κ1) is 46.9. The van der Waals surface area contributed by atoms with Gasteiger partial charge in [-0.2, -0.15) is 0 Å². The third-order valence-corrected chi connectivity index (χ3v) is 10.9. The Balaban J connectivity index is 0.000000314. The van der Waals surface area contributed by atoms with Crippen LogP contribution in [0.25, 0.3) is 11.5 Å². The van der Waals surface area contributed by atoms with Crippen molar-refractivity contribution >= 4 is 67.8 Å². The van der Waals surface area contributed by atoms with Crippen LogP contribution in [0.15, 0.2) is 119 Å². The SMILES string of the molecule is CN(C)C=O.CN(C)C=O.CN1C(C(=O)Nc2ccccn2)=C([O-])c2ccccc2S1(=O)=O.CN1C(C(=O)Nc2ccccn2)=C([O-])c2ccccc2S1(=O)=O.[Co+2]. The van der Waals surface area contributed by atoms with E-state index in [9.17, 15) is 46.2 Å². The van der Waals surface area contributed by atoms with Gasteiger partial charge in [0.1, 0.15) is 23.0 Å². The van der Waals surface area contributed by atoms with Crippen LogP contribution in [0.3, 0.4) is 0 Å². The monoisotopic (exact) mass is 865 g/mol. The van der Waals surface area contributed by atoms with Crippen LogP contribution in [0.2, 0.25) is 0 Å². The van der Waals surface area contributed by atoms with Gasteiger partial charge in [0, 0.05) is 54.7 Å². The molecule has 2 aliphatic rings. The summed E-state index contributed by atoms with van der Waals surface area (Å²) in [5, 5.41) is 29.9. The van der Waals surface area contributed by atoms with Crippen molar-refractivity contribution in [2.45, 2.75) is 9.79 Å². The molecule has 0 aliphatic carbocycles. The van der Waals surface area contributed by atoms with E-state index < -0.39 is 54.8 Å². The number of nitrogens with one attached hydrogen (secondary N) is 2. The quantitative estimate of drug-likeness (QED) is 0.247. The predicted octanol–water partition coefficient (Wildman–Crippen LogP) is 0.173. The van der Waals surface area contributed by atoms with E-state index in [0.29, 0.717) is 8.61 Å². The smallest absolute Gasteiger partial charge is 0.870 e. The van der Waals surface area contributed by atoms with Gasteiger partial charge >= 0.3 is 16.8 Å². The van der Waals surface area contributed by atoms with Crippen molar-refractivity contribution in [1.82, 2.24) is 28.4 Å². The van der Waals surface area contributed by atoms with Gasteiger partial charge in [-0.25, -0.2) is 26.8 Å². The molecule has 18 nitrogen and oxygen atoms in total. The Kier molecular flexibility index (Phi) is 16.9. The number of hydrogen-bond acceptors (Lipinski definition) is 12. The molecule has 2 aliphatic heterocycles. The normalized spacial score (nSPS) is 14.1. The maximum absolute atomic E-state index is 12.5. The first-order chi connectivity index (χ1) is 26.4. The van der Waals surface area contributed by atoms with Crippen LogP contribution in [-0.2, 0) is 56.0 Å². The van der Waals surface area contributed by atoms with Crippen LogP contribution in [0.4, 0.5) is 11.6 Å². The van der Waals surface area contributed by atoms with Gasteiger partial charge in [-0.3, -0.25) is 27.8 Å². The summed E-state index contributed by atoms with van der Waals surface area (Å²) >= 11 is 0. The number of aromatic nitrogens is 2. The number of amides is 4. The van der Waals surface area contributed by atoms with E-state index in [-0.39, 0.29) is 49.3 Å². The number of hydrogen-bond donors (Lipinski definition) is 2. The molecule has 4 amide bonds. The molecule has 2 N–H and O–H groups in total. The zero-order chi connectivity index (χ0) is 41.8. The van der Waals surface area contributed by atoms with Crippen molar-refractivity contribution in [2.24, 2.45) is 0 Å². The van der Waals surface area contributed by atoms with E-state index in [1.165, 1.54) is 84.8 Å². The molecule has 0 bridgehead atoms. The Morgan fingerprint density at radius 3 is 1.18 bits per heavy atom. The average Bonchev–Trinajstić information content (AvgIpc) is 3.18. The molecule has 0 unspecified atom stereocenters. The number of fused-ring (bicyclic) bond motifs is 2. The maximum Gasteiger partial charge on any atom is 2.00 e. The molecule has 0 spiro atoms. The van der Waals surface area contributed by atoms with Gasteiger partial charge in [0.25, 0.3) is 31.9 Å². The summed E-state index contributed by atoms with van der Waals surface area (Å²) in [6, 6.07) is 21.3. The molecular weight excluding hydrogens is 828 g/mol. The predicted molar refractivity (Wildman–Crippen MR) is 202 cm³/mol. The molecular formula is C36H38CoN8O10S2. The topological polar surface area (TPSA) is 245 Å². The zero-order valence-electron chi connectivity index (χ0n) is 31.3. The van der Waals surface area contributed by atoms with Crippen LogP contribution in [0.1, 0.15) is 11.1 Å². The second kappa shape index (κ2) is 20.6. The van der Waals surface area contributed by atoms with Crippen molar-refractivity contribution in [3.8, 4) is 0 Å². The first-order valence-electron chi connectivity index (χ1n) is 16.1. The fraction of sp³-hybridized carbons (Fsp3) is 0.167. The second-order valence-electron chi connectivity index (χ2n) is 11.8. The molecule has 2 aromatic carbocycles. The Labute approximate surface area is 340 Å². The number of likely N-dealkylation sites (N-methyl/N-ethyl adjacent to an activating group) is 2. The molecule has 6 rings (SSSR count). The van der Waals surface area contributed by atoms with Crippen molar-refractivity contribution in [3.05, 3.63) is 120 Å². The Morgan fingerprint density at radius 1 is 0.596 bits per heavy atom. The van der Waals surface area contributed by atoms with Gasteiger partial charge in [0.15, 0.2) is 0 Å². The van der Waals surface area contributed by atoms with Crippen molar-refractivity contribution < 1.29 is 63.0 Å². The molecule has 0 saturated carbocycles. The molecule has 303 valence electrons. The largest absolute Gasteiger partial charge is 2.00 e. The van der Waals surface area contributed by atoms with Crippen LogP contribution in [-0.4, -0.2) is 112 Å². The zero-order valence-corrected chi connectivity index (χ0v) is 34.0. The molecule has 4 aromatic rings. The number of carbonyl (C=O) groups excluding carboxylic acids is 4. The minimum Gasteiger partial charge on any atom is -0.870 e. The number of anilines is 2. The number of sulfonamides is 2. The number of carbonyl (C=O) groups is 4. The Hall–Kier alpha value is -6.29.